The Balaban J connectivity index is 1.70. The van der Waals surface area contributed by atoms with Crippen molar-refractivity contribution < 1.29 is 23.8 Å². The number of carbonyl (C=O) groups excluding carboxylic acids is 2. The maximum atomic E-state index is 13.1. The van der Waals surface area contributed by atoms with Crippen molar-refractivity contribution in [2.24, 2.45) is 0 Å². The molecule has 0 saturated heterocycles. The van der Waals surface area contributed by atoms with Gasteiger partial charge in [0.25, 0.3) is 5.91 Å². The van der Waals surface area contributed by atoms with Crippen LogP contribution in [-0.2, 0) is 20.7 Å². The van der Waals surface area contributed by atoms with Crippen molar-refractivity contribution >= 4 is 17.6 Å². The van der Waals surface area contributed by atoms with E-state index in [4.69, 9.17) is 14.2 Å². The maximum absolute atomic E-state index is 13.1. The van der Waals surface area contributed by atoms with Crippen LogP contribution in [0.25, 0.3) is 0 Å². The van der Waals surface area contributed by atoms with Crippen LogP contribution < -0.4 is 14.8 Å². The fourth-order valence-electron chi connectivity index (χ4n) is 3.08. The van der Waals surface area contributed by atoms with Gasteiger partial charge in [-0.1, -0.05) is 61.5 Å². The predicted molar refractivity (Wildman–Crippen MR) is 123 cm³/mol. The minimum atomic E-state index is -1.13. The molecular weight excluding hydrogens is 406 g/mol. The molecule has 0 bridgehead atoms. The van der Waals surface area contributed by atoms with Gasteiger partial charge in [0.05, 0.1) is 12.3 Å². The minimum absolute atomic E-state index is 0.308. The molecule has 1 N–H and O–H groups in total. The van der Waals surface area contributed by atoms with Crippen LogP contribution in [0.2, 0.25) is 0 Å². The number of benzene rings is 3. The van der Waals surface area contributed by atoms with Crippen LogP contribution in [0.3, 0.4) is 0 Å². The van der Waals surface area contributed by atoms with E-state index in [2.05, 4.69) is 12.2 Å². The van der Waals surface area contributed by atoms with Crippen LogP contribution in [-0.4, -0.2) is 25.1 Å². The van der Waals surface area contributed by atoms with Gasteiger partial charge in [0, 0.05) is 5.56 Å². The zero-order chi connectivity index (χ0) is 22.8. The summed E-state index contributed by atoms with van der Waals surface area (Å²) in [6, 6.07) is 23.5. The van der Waals surface area contributed by atoms with Gasteiger partial charge in [-0.15, -0.1) is 0 Å². The molecule has 0 aromatic heterocycles. The molecule has 3 aromatic rings. The van der Waals surface area contributed by atoms with E-state index < -0.39 is 18.0 Å². The van der Waals surface area contributed by atoms with Crippen molar-refractivity contribution in [2.75, 3.05) is 18.5 Å². The number of nitrogens with one attached hydrogen (secondary N) is 1. The summed E-state index contributed by atoms with van der Waals surface area (Å²) < 4.78 is 16.6. The zero-order valence-corrected chi connectivity index (χ0v) is 18.2. The van der Waals surface area contributed by atoms with Gasteiger partial charge in [0.2, 0.25) is 6.10 Å². The molecule has 1 atom stereocenters. The molecule has 0 radical (unpaired) electrons. The summed E-state index contributed by atoms with van der Waals surface area (Å²) in [4.78, 5) is 25.6. The van der Waals surface area contributed by atoms with Crippen LogP contribution >= 0.6 is 0 Å². The molecule has 1 unspecified atom stereocenters. The lowest BCUT2D eigenvalue weighted by atomic mass is 10.1. The highest BCUT2D eigenvalue weighted by atomic mass is 16.6. The number of anilines is 1. The molecule has 0 spiro atoms. The Bertz CT molecular complexity index is 1020. The number of aryl methyl sites for hydroxylation is 1. The second-order valence-corrected chi connectivity index (χ2v) is 6.99. The van der Waals surface area contributed by atoms with Crippen LogP contribution in [0.4, 0.5) is 5.69 Å². The lowest BCUT2D eigenvalue weighted by Crippen LogP contribution is -2.28. The molecule has 0 heterocycles. The summed E-state index contributed by atoms with van der Waals surface area (Å²) in [5, 5.41) is 2.80. The van der Waals surface area contributed by atoms with Gasteiger partial charge < -0.3 is 19.5 Å². The normalized spacial score (nSPS) is 11.3. The van der Waals surface area contributed by atoms with E-state index >= 15 is 0 Å². The van der Waals surface area contributed by atoms with Crippen molar-refractivity contribution in [3.8, 4) is 11.5 Å². The monoisotopic (exact) mass is 433 g/mol. The number of carbonyl (C=O) groups is 2. The van der Waals surface area contributed by atoms with Gasteiger partial charge >= 0.3 is 5.97 Å². The smallest absolute Gasteiger partial charge is 0.345 e. The topological polar surface area (TPSA) is 73.9 Å². The highest BCUT2D eigenvalue weighted by Gasteiger charge is 2.26. The van der Waals surface area contributed by atoms with Crippen LogP contribution in [0, 0.1) is 0 Å². The number of amides is 1. The van der Waals surface area contributed by atoms with Gasteiger partial charge in [-0.05, 0) is 43.2 Å². The van der Waals surface area contributed by atoms with E-state index in [-0.39, 0.29) is 6.61 Å². The fourth-order valence-corrected chi connectivity index (χ4v) is 3.08. The van der Waals surface area contributed by atoms with Crippen molar-refractivity contribution in [1.82, 2.24) is 0 Å². The second-order valence-electron chi connectivity index (χ2n) is 6.99. The van der Waals surface area contributed by atoms with E-state index in [0.29, 0.717) is 29.4 Å². The standard InChI is InChI=1S/C26H27NO5/c1-3-19-14-16-21(17-15-19)31-18-24(28)32-25(20-10-6-5-7-11-20)26(29)27-22-12-8-9-13-23(22)30-4-2/h5-17,25H,3-4,18H2,1-2H3,(H,27,29). The van der Waals surface area contributed by atoms with Crippen molar-refractivity contribution in [1.29, 1.82) is 0 Å². The first-order valence-electron chi connectivity index (χ1n) is 10.6. The Hall–Kier alpha value is -3.80. The lowest BCUT2D eigenvalue weighted by Gasteiger charge is -2.19. The molecule has 3 aromatic carbocycles. The van der Waals surface area contributed by atoms with E-state index in [1.807, 2.05) is 31.2 Å². The molecule has 0 aliphatic carbocycles. The Morgan fingerprint density at radius 1 is 0.844 bits per heavy atom. The third-order valence-corrected chi connectivity index (χ3v) is 4.72. The van der Waals surface area contributed by atoms with Gasteiger partial charge in [0.1, 0.15) is 11.5 Å². The number of ether oxygens (including phenoxy) is 3. The molecule has 3 rings (SSSR count). The molecule has 0 aliphatic heterocycles. The fraction of sp³-hybridized carbons (Fsp3) is 0.231. The van der Waals surface area contributed by atoms with Crippen LogP contribution in [0.1, 0.15) is 31.1 Å². The number of esters is 1. The molecule has 6 heteroatoms. The average molecular weight is 434 g/mol. The van der Waals surface area contributed by atoms with Crippen molar-refractivity contribution in [2.45, 2.75) is 26.4 Å². The quantitative estimate of drug-likeness (QED) is 0.458. The first kappa shape index (κ1) is 22.9. The summed E-state index contributed by atoms with van der Waals surface area (Å²) in [5.74, 6) is -0.0264. The van der Waals surface area contributed by atoms with Gasteiger partial charge in [-0.25, -0.2) is 4.79 Å². The summed E-state index contributed by atoms with van der Waals surface area (Å²) in [5.41, 5.74) is 2.23. The van der Waals surface area contributed by atoms with Crippen molar-refractivity contribution in [3.63, 3.8) is 0 Å². The summed E-state index contributed by atoms with van der Waals surface area (Å²) in [7, 11) is 0. The Morgan fingerprint density at radius 3 is 2.22 bits per heavy atom. The molecular formula is C26H27NO5. The Morgan fingerprint density at radius 2 is 1.53 bits per heavy atom. The Labute approximate surface area is 188 Å². The van der Waals surface area contributed by atoms with Crippen LogP contribution in [0.15, 0.2) is 78.9 Å². The Kier molecular flexibility index (Phi) is 8.26. The summed E-state index contributed by atoms with van der Waals surface area (Å²) in [6.45, 7) is 4.08. The van der Waals surface area contributed by atoms with E-state index in [1.165, 1.54) is 5.56 Å². The number of hydrogen-bond donors (Lipinski definition) is 1. The highest BCUT2D eigenvalue weighted by Crippen LogP contribution is 2.26. The maximum Gasteiger partial charge on any atom is 0.345 e. The van der Waals surface area contributed by atoms with Crippen molar-refractivity contribution in [3.05, 3.63) is 90.0 Å². The third kappa shape index (κ3) is 6.35. The molecule has 1 amide bonds. The lowest BCUT2D eigenvalue weighted by molar-refractivity contribution is -0.156. The first-order chi connectivity index (χ1) is 15.6. The predicted octanol–water partition coefficient (Wildman–Crippen LogP) is 4.95. The minimum Gasteiger partial charge on any atom is -0.492 e. The third-order valence-electron chi connectivity index (χ3n) is 4.72. The highest BCUT2D eigenvalue weighted by molar-refractivity contribution is 5.97. The average Bonchev–Trinajstić information content (AvgIpc) is 2.83. The van der Waals surface area contributed by atoms with E-state index in [0.717, 1.165) is 6.42 Å². The zero-order valence-electron chi connectivity index (χ0n) is 18.2. The summed E-state index contributed by atoms with van der Waals surface area (Å²) in [6.07, 6.45) is -0.216. The molecule has 0 saturated carbocycles. The van der Waals surface area contributed by atoms with Gasteiger partial charge in [-0.3, -0.25) is 4.79 Å². The summed E-state index contributed by atoms with van der Waals surface area (Å²) >= 11 is 0. The molecule has 0 fully saturated rings. The number of rotatable bonds is 10. The first-order valence-corrected chi connectivity index (χ1v) is 10.6. The van der Waals surface area contributed by atoms with Gasteiger partial charge in [0.15, 0.2) is 6.61 Å². The molecule has 32 heavy (non-hydrogen) atoms. The molecule has 6 nitrogen and oxygen atoms in total. The number of para-hydroxylation sites is 2. The van der Waals surface area contributed by atoms with Gasteiger partial charge in [-0.2, -0.15) is 0 Å². The molecule has 0 aliphatic rings. The molecule has 166 valence electrons. The largest absolute Gasteiger partial charge is 0.492 e. The SMILES string of the molecule is CCOc1ccccc1NC(=O)C(OC(=O)COc1ccc(CC)cc1)c1ccccc1. The second kappa shape index (κ2) is 11.6. The number of hydrogen-bond acceptors (Lipinski definition) is 5. The van der Waals surface area contributed by atoms with E-state index in [1.54, 1.807) is 54.6 Å². The van der Waals surface area contributed by atoms with Crippen LogP contribution in [0.5, 0.6) is 11.5 Å². The van der Waals surface area contributed by atoms with E-state index in [9.17, 15) is 9.59 Å².